The molecule has 3 aliphatic heterocycles. The number of fused-ring (bicyclic) bond motifs is 1. The minimum atomic E-state index is -3.47. The van der Waals surface area contributed by atoms with Gasteiger partial charge in [-0.1, -0.05) is 18.2 Å². The first-order valence-electron chi connectivity index (χ1n) is 7.74. The smallest absolute Gasteiger partial charge is 0.304 e. The minimum absolute atomic E-state index is 0.445. The number of nitrogens with zero attached hydrogens (tertiary/aromatic N) is 2. The second kappa shape index (κ2) is 5.19. The van der Waals surface area contributed by atoms with E-state index in [0.717, 1.165) is 17.7 Å². The van der Waals surface area contributed by atoms with E-state index in [2.05, 4.69) is 0 Å². The summed E-state index contributed by atoms with van der Waals surface area (Å²) in [5.74, 6) is -0.547. The minimum Gasteiger partial charge on any atom is -0.347 e. The summed E-state index contributed by atoms with van der Waals surface area (Å²) in [6.07, 6.45) is 1.98. The lowest BCUT2D eigenvalue weighted by molar-refractivity contribution is -0.179. The highest BCUT2D eigenvalue weighted by molar-refractivity contribution is 7.90. The lowest BCUT2D eigenvalue weighted by atomic mass is 10.1. The number of para-hydroxylation sites is 1. The Balaban J connectivity index is 1.53. The maximum absolute atomic E-state index is 12.9. The largest absolute Gasteiger partial charge is 0.347 e. The van der Waals surface area contributed by atoms with Crippen LogP contribution < -0.4 is 4.31 Å². The molecule has 1 aromatic carbocycles. The average Bonchev–Trinajstić information content (AvgIpc) is 3.15. The van der Waals surface area contributed by atoms with E-state index in [0.29, 0.717) is 45.7 Å². The van der Waals surface area contributed by atoms with Crippen LogP contribution in [0.1, 0.15) is 18.4 Å². The molecule has 0 unspecified atom stereocenters. The van der Waals surface area contributed by atoms with Crippen molar-refractivity contribution >= 4 is 15.9 Å². The lowest BCUT2D eigenvalue weighted by Crippen LogP contribution is -2.51. The third-order valence-corrected chi connectivity index (χ3v) is 6.70. The Bertz CT molecular complexity index is 660. The van der Waals surface area contributed by atoms with Crippen LogP contribution in [0.2, 0.25) is 0 Å². The molecule has 22 heavy (non-hydrogen) atoms. The van der Waals surface area contributed by atoms with Crippen LogP contribution in [0.3, 0.4) is 0 Å². The molecular weight excluding hydrogens is 304 g/mol. The number of hydrogen-bond donors (Lipinski definition) is 0. The van der Waals surface area contributed by atoms with Crippen LogP contribution in [0.5, 0.6) is 0 Å². The van der Waals surface area contributed by atoms with Crippen LogP contribution in [0.15, 0.2) is 24.3 Å². The average molecular weight is 324 g/mol. The van der Waals surface area contributed by atoms with Crippen LogP contribution >= 0.6 is 0 Å². The molecule has 7 heteroatoms. The van der Waals surface area contributed by atoms with Crippen molar-refractivity contribution in [3.63, 3.8) is 0 Å². The van der Waals surface area contributed by atoms with Crippen LogP contribution in [0.4, 0.5) is 5.69 Å². The quantitative estimate of drug-likeness (QED) is 0.818. The van der Waals surface area contributed by atoms with E-state index in [1.165, 1.54) is 4.31 Å². The van der Waals surface area contributed by atoms with Gasteiger partial charge in [-0.25, -0.2) is 0 Å². The van der Waals surface area contributed by atoms with E-state index in [4.69, 9.17) is 9.47 Å². The summed E-state index contributed by atoms with van der Waals surface area (Å²) >= 11 is 0. The van der Waals surface area contributed by atoms with E-state index >= 15 is 0 Å². The molecular formula is C15H20N2O4S. The molecule has 1 spiro atoms. The van der Waals surface area contributed by atoms with E-state index in [1.54, 1.807) is 4.31 Å². The lowest BCUT2D eigenvalue weighted by Gasteiger charge is -2.38. The summed E-state index contributed by atoms with van der Waals surface area (Å²) in [5, 5.41) is 0. The molecule has 1 aromatic rings. The zero-order valence-corrected chi connectivity index (χ0v) is 13.2. The molecule has 3 aliphatic rings. The molecule has 0 radical (unpaired) electrons. The van der Waals surface area contributed by atoms with E-state index < -0.39 is 16.0 Å². The number of hydrogen-bond acceptors (Lipinski definition) is 4. The van der Waals surface area contributed by atoms with Crippen LogP contribution in [0, 0.1) is 0 Å². The Kier molecular flexibility index (Phi) is 3.41. The van der Waals surface area contributed by atoms with Crippen LogP contribution in [-0.2, 0) is 26.1 Å². The van der Waals surface area contributed by atoms with Crippen molar-refractivity contribution in [2.75, 3.05) is 37.2 Å². The van der Waals surface area contributed by atoms with Gasteiger partial charge in [0, 0.05) is 32.5 Å². The highest BCUT2D eigenvalue weighted by Gasteiger charge is 2.44. The molecule has 2 saturated heterocycles. The van der Waals surface area contributed by atoms with E-state index in [-0.39, 0.29) is 0 Å². The maximum atomic E-state index is 12.9. The van der Waals surface area contributed by atoms with Gasteiger partial charge < -0.3 is 9.47 Å². The van der Waals surface area contributed by atoms with Crippen molar-refractivity contribution in [3.8, 4) is 0 Å². The molecule has 0 aliphatic carbocycles. The molecule has 0 bridgehead atoms. The number of benzene rings is 1. The van der Waals surface area contributed by atoms with Gasteiger partial charge in [-0.15, -0.1) is 0 Å². The highest BCUT2D eigenvalue weighted by atomic mass is 32.2. The summed E-state index contributed by atoms with van der Waals surface area (Å²) in [7, 11) is -3.47. The van der Waals surface area contributed by atoms with Crippen molar-refractivity contribution in [2.24, 2.45) is 0 Å². The zero-order chi connectivity index (χ0) is 15.2. The van der Waals surface area contributed by atoms with Gasteiger partial charge >= 0.3 is 10.2 Å². The fourth-order valence-corrected chi connectivity index (χ4v) is 5.20. The van der Waals surface area contributed by atoms with E-state index in [9.17, 15) is 8.42 Å². The van der Waals surface area contributed by atoms with Gasteiger partial charge in [-0.2, -0.15) is 12.7 Å². The van der Waals surface area contributed by atoms with Crippen molar-refractivity contribution in [2.45, 2.75) is 25.0 Å². The molecule has 0 N–H and O–H groups in total. The molecule has 3 heterocycles. The van der Waals surface area contributed by atoms with Crippen LogP contribution in [0.25, 0.3) is 0 Å². The number of rotatable bonds is 2. The molecule has 120 valence electrons. The monoisotopic (exact) mass is 324 g/mol. The highest BCUT2D eigenvalue weighted by Crippen LogP contribution is 2.35. The Morgan fingerprint density at radius 1 is 1.00 bits per heavy atom. The predicted molar refractivity (Wildman–Crippen MR) is 81.9 cm³/mol. The first kappa shape index (κ1) is 14.4. The topological polar surface area (TPSA) is 59.1 Å². The number of piperidine rings is 1. The predicted octanol–water partition coefficient (Wildman–Crippen LogP) is 1.13. The fraction of sp³-hybridized carbons (Fsp3) is 0.600. The Morgan fingerprint density at radius 2 is 1.68 bits per heavy atom. The van der Waals surface area contributed by atoms with Gasteiger partial charge in [0.15, 0.2) is 5.79 Å². The molecule has 0 saturated carbocycles. The van der Waals surface area contributed by atoms with Gasteiger partial charge in [0.25, 0.3) is 0 Å². The first-order chi connectivity index (χ1) is 10.6. The second-order valence-electron chi connectivity index (χ2n) is 5.97. The molecule has 0 amide bonds. The Morgan fingerprint density at radius 3 is 2.41 bits per heavy atom. The van der Waals surface area contributed by atoms with Crippen molar-refractivity contribution in [1.82, 2.24) is 4.31 Å². The van der Waals surface area contributed by atoms with Gasteiger partial charge in [-0.3, -0.25) is 4.31 Å². The summed E-state index contributed by atoms with van der Waals surface area (Å²) in [5.41, 5.74) is 1.91. The summed E-state index contributed by atoms with van der Waals surface area (Å²) < 4.78 is 40.3. The third-order valence-electron chi connectivity index (χ3n) is 4.75. The van der Waals surface area contributed by atoms with Gasteiger partial charge in [0.1, 0.15) is 0 Å². The zero-order valence-electron chi connectivity index (χ0n) is 12.4. The second-order valence-corrected chi connectivity index (χ2v) is 7.82. The van der Waals surface area contributed by atoms with Crippen molar-refractivity contribution in [3.05, 3.63) is 29.8 Å². The Labute approximate surface area is 130 Å². The van der Waals surface area contributed by atoms with Gasteiger partial charge in [0.05, 0.1) is 18.9 Å². The summed E-state index contributed by atoms with van der Waals surface area (Å²) in [4.78, 5) is 0. The van der Waals surface area contributed by atoms with Crippen LogP contribution in [-0.4, -0.2) is 51.4 Å². The summed E-state index contributed by atoms with van der Waals surface area (Å²) in [6.45, 7) is 2.62. The molecule has 0 aromatic heterocycles. The number of anilines is 1. The molecule has 2 fully saturated rings. The number of ether oxygens (including phenoxy) is 2. The maximum Gasteiger partial charge on any atom is 0.304 e. The third kappa shape index (κ3) is 2.23. The molecule has 0 atom stereocenters. The van der Waals surface area contributed by atoms with E-state index in [1.807, 2.05) is 24.3 Å². The van der Waals surface area contributed by atoms with Gasteiger partial charge in [-0.05, 0) is 18.1 Å². The van der Waals surface area contributed by atoms with Crippen molar-refractivity contribution < 1.29 is 17.9 Å². The molecule has 4 rings (SSSR count). The fourth-order valence-electron chi connectivity index (χ4n) is 3.53. The first-order valence-corrected chi connectivity index (χ1v) is 9.14. The summed E-state index contributed by atoms with van der Waals surface area (Å²) in [6, 6.07) is 7.72. The standard InChI is InChI=1S/C15H20N2O4S/c18-22(19,17-8-5-13-3-1-2-4-14(13)17)16-9-6-15(7-10-16)20-11-12-21-15/h1-4H,5-12H2. The van der Waals surface area contributed by atoms with Crippen molar-refractivity contribution in [1.29, 1.82) is 0 Å². The normalized spacial score (nSPS) is 24.8. The SMILES string of the molecule is O=S(=O)(N1CCC2(CC1)OCCO2)N1CCc2ccccc21. The Hall–Kier alpha value is -1.15. The molecule has 6 nitrogen and oxygen atoms in total. The van der Waals surface area contributed by atoms with Gasteiger partial charge in [0.2, 0.25) is 0 Å².